The first-order valence-corrected chi connectivity index (χ1v) is 7.89. The summed E-state index contributed by atoms with van der Waals surface area (Å²) in [5.74, 6) is 0.807. The first-order valence-electron chi connectivity index (χ1n) is 5.85. The number of hydrogen-bond donors (Lipinski definition) is 1. The predicted molar refractivity (Wildman–Crippen MR) is 78.7 cm³/mol. The number of amides is 1. The largest absolute Gasteiger partial charge is 0.350 e. The van der Waals surface area contributed by atoms with Gasteiger partial charge in [0.05, 0.1) is 12.3 Å². The number of thioether (sulfide) groups is 1. The van der Waals surface area contributed by atoms with Gasteiger partial charge in [-0.3, -0.25) is 4.79 Å². The molecule has 0 saturated carbocycles. The van der Waals surface area contributed by atoms with E-state index in [0.29, 0.717) is 18.1 Å². The summed E-state index contributed by atoms with van der Waals surface area (Å²) < 4.78 is 12.9. The van der Waals surface area contributed by atoms with Crippen LogP contribution in [0.4, 0.5) is 4.39 Å². The van der Waals surface area contributed by atoms with Gasteiger partial charge in [0, 0.05) is 10.6 Å². The lowest BCUT2D eigenvalue weighted by Crippen LogP contribution is -2.24. The van der Waals surface area contributed by atoms with E-state index in [-0.39, 0.29) is 11.7 Å². The first kappa shape index (κ1) is 14.1. The Morgan fingerprint density at radius 2 is 2.21 bits per heavy atom. The van der Waals surface area contributed by atoms with Crippen molar-refractivity contribution < 1.29 is 9.18 Å². The van der Waals surface area contributed by atoms with Gasteiger partial charge in [-0.15, -0.1) is 23.1 Å². The lowest BCUT2D eigenvalue weighted by molar-refractivity contribution is -0.118. The maximum atomic E-state index is 12.9. The normalized spacial score (nSPS) is 10.4. The van der Waals surface area contributed by atoms with Crippen molar-refractivity contribution in [1.29, 1.82) is 0 Å². The minimum Gasteiger partial charge on any atom is -0.350 e. The van der Waals surface area contributed by atoms with Crippen LogP contribution in [0.15, 0.2) is 41.8 Å². The van der Waals surface area contributed by atoms with Gasteiger partial charge in [0.15, 0.2) is 0 Å². The molecule has 0 radical (unpaired) electrons. The molecule has 0 unspecified atom stereocenters. The quantitative estimate of drug-likeness (QED) is 0.884. The minimum absolute atomic E-state index is 0.00908. The van der Waals surface area contributed by atoms with E-state index in [9.17, 15) is 9.18 Å². The smallest absolute Gasteiger partial charge is 0.230 e. The summed E-state index contributed by atoms with van der Waals surface area (Å²) in [4.78, 5) is 12.7. The van der Waals surface area contributed by atoms with Gasteiger partial charge in [0.25, 0.3) is 0 Å². The fourth-order valence-corrected chi connectivity index (χ4v) is 2.99. The zero-order valence-electron chi connectivity index (χ0n) is 10.3. The van der Waals surface area contributed by atoms with Gasteiger partial charge in [-0.2, -0.15) is 0 Å². The first-order chi connectivity index (χ1) is 9.24. The van der Waals surface area contributed by atoms with E-state index in [0.717, 1.165) is 10.4 Å². The molecule has 0 bridgehead atoms. The number of thiophene rings is 1. The summed E-state index contributed by atoms with van der Waals surface area (Å²) in [5.41, 5.74) is 0.899. The highest BCUT2D eigenvalue weighted by Gasteiger charge is 2.03. The van der Waals surface area contributed by atoms with Crippen LogP contribution in [0.5, 0.6) is 0 Å². The molecular weight excluding hydrogens is 281 g/mol. The molecular formula is C14H14FNOS2. The molecule has 1 heterocycles. The number of carbonyl (C=O) groups is 1. The Labute approximate surface area is 120 Å². The Kier molecular flexibility index (Phi) is 5.42. The molecule has 2 rings (SSSR count). The second-order valence-electron chi connectivity index (χ2n) is 3.98. The summed E-state index contributed by atoms with van der Waals surface area (Å²) in [6, 6.07) is 10.4. The monoisotopic (exact) mass is 295 g/mol. The van der Waals surface area contributed by atoms with Crippen LogP contribution in [0.1, 0.15) is 10.4 Å². The molecule has 100 valence electrons. The molecule has 1 amide bonds. The lowest BCUT2D eigenvalue weighted by Gasteiger charge is -2.04. The van der Waals surface area contributed by atoms with E-state index in [4.69, 9.17) is 0 Å². The van der Waals surface area contributed by atoms with Crippen molar-refractivity contribution in [2.45, 2.75) is 12.3 Å². The zero-order chi connectivity index (χ0) is 13.5. The topological polar surface area (TPSA) is 29.1 Å². The van der Waals surface area contributed by atoms with Gasteiger partial charge < -0.3 is 5.32 Å². The number of hydrogen-bond acceptors (Lipinski definition) is 3. The molecule has 0 aliphatic heterocycles. The SMILES string of the molecule is O=C(CSCc1cccc(F)c1)NCc1cccs1. The highest BCUT2D eigenvalue weighted by atomic mass is 32.2. The third-order valence-electron chi connectivity index (χ3n) is 2.43. The summed E-state index contributed by atoms with van der Waals surface area (Å²) in [7, 11) is 0. The average molecular weight is 295 g/mol. The van der Waals surface area contributed by atoms with Crippen molar-refractivity contribution in [3.63, 3.8) is 0 Å². The fraction of sp³-hybridized carbons (Fsp3) is 0.214. The average Bonchev–Trinajstić information content (AvgIpc) is 2.89. The molecule has 5 heteroatoms. The van der Waals surface area contributed by atoms with E-state index >= 15 is 0 Å². The van der Waals surface area contributed by atoms with Crippen LogP contribution < -0.4 is 5.32 Å². The van der Waals surface area contributed by atoms with E-state index in [1.54, 1.807) is 17.4 Å². The second kappa shape index (κ2) is 7.31. The summed E-state index contributed by atoms with van der Waals surface area (Å²) >= 11 is 3.11. The van der Waals surface area contributed by atoms with Gasteiger partial charge in [-0.05, 0) is 29.1 Å². The number of benzene rings is 1. The molecule has 0 fully saturated rings. The highest BCUT2D eigenvalue weighted by Crippen LogP contribution is 2.13. The molecule has 0 aliphatic carbocycles. The molecule has 1 aromatic carbocycles. The van der Waals surface area contributed by atoms with Crippen molar-refractivity contribution >= 4 is 29.0 Å². The number of nitrogens with one attached hydrogen (secondary N) is 1. The van der Waals surface area contributed by atoms with Crippen molar-refractivity contribution in [3.05, 3.63) is 58.0 Å². The van der Waals surface area contributed by atoms with E-state index in [1.807, 2.05) is 23.6 Å². The lowest BCUT2D eigenvalue weighted by atomic mass is 10.2. The second-order valence-corrected chi connectivity index (χ2v) is 6.00. The Balaban J connectivity index is 1.66. The Bertz CT molecular complexity index is 528. The minimum atomic E-state index is -0.236. The molecule has 0 atom stereocenters. The van der Waals surface area contributed by atoms with Gasteiger partial charge in [-0.1, -0.05) is 18.2 Å². The van der Waals surface area contributed by atoms with Gasteiger partial charge in [0.1, 0.15) is 5.82 Å². The summed E-state index contributed by atoms with van der Waals surface area (Å²) in [6.07, 6.45) is 0. The van der Waals surface area contributed by atoms with Crippen LogP contribution in [0.3, 0.4) is 0 Å². The third-order valence-corrected chi connectivity index (χ3v) is 4.31. The van der Waals surface area contributed by atoms with Crippen LogP contribution in [-0.4, -0.2) is 11.7 Å². The van der Waals surface area contributed by atoms with E-state index in [2.05, 4.69) is 5.32 Å². The maximum Gasteiger partial charge on any atom is 0.230 e. The Hall–Kier alpha value is -1.33. The Morgan fingerprint density at radius 1 is 1.32 bits per heavy atom. The number of rotatable bonds is 6. The number of carbonyl (C=O) groups excluding carboxylic acids is 1. The highest BCUT2D eigenvalue weighted by molar-refractivity contribution is 7.99. The molecule has 2 nitrogen and oxygen atoms in total. The third kappa shape index (κ3) is 5.04. The van der Waals surface area contributed by atoms with Crippen LogP contribution >= 0.6 is 23.1 Å². The molecule has 0 aliphatic rings. The molecule has 1 aromatic heterocycles. The van der Waals surface area contributed by atoms with Gasteiger partial charge in [0.2, 0.25) is 5.91 Å². The molecule has 1 N–H and O–H groups in total. The Morgan fingerprint density at radius 3 is 2.95 bits per heavy atom. The summed E-state index contributed by atoms with van der Waals surface area (Å²) in [6.45, 7) is 0.580. The van der Waals surface area contributed by atoms with Crippen LogP contribution in [0.2, 0.25) is 0 Å². The predicted octanol–water partition coefficient (Wildman–Crippen LogP) is 3.44. The fourth-order valence-electron chi connectivity index (χ4n) is 1.54. The van der Waals surface area contributed by atoms with Gasteiger partial charge >= 0.3 is 0 Å². The van der Waals surface area contributed by atoms with Crippen LogP contribution in [-0.2, 0) is 17.1 Å². The van der Waals surface area contributed by atoms with E-state index < -0.39 is 0 Å². The van der Waals surface area contributed by atoms with E-state index in [1.165, 1.54) is 23.9 Å². The van der Waals surface area contributed by atoms with Gasteiger partial charge in [-0.25, -0.2) is 4.39 Å². The molecule has 2 aromatic rings. The van der Waals surface area contributed by atoms with Crippen LogP contribution in [0, 0.1) is 5.82 Å². The van der Waals surface area contributed by atoms with Crippen molar-refractivity contribution in [2.75, 3.05) is 5.75 Å². The van der Waals surface area contributed by atoms with Crippen molar-refractivity contribution in [3.8, 4) is 0 Å². The van der Waals surface area contributed by atoms with Crippen molar-refractivity contribution in [2.24, 2.45) is 0 Å². The zero-order valence-corrected chi connectivity index (χ0v) is 11.9. The molecule has 19 heavy (non-hydrogen) atoms. The standard InChI is InChI=1S/C14H14FNOS2/c15-12-4-1-3-11(7-12)9-18-10-14(17)16-8-13-5-2-6-19-13/h1-7H,8-10H2,(H,16,17). The number of halogens is 1. The molecule has 0 saturated heterocycles. The van der Waals surface area contributed by atoms with Crippen molar-refractivity contribution in [1.82, 2.24) is 5.32 Å². The maximum absolute atomic E-state index is 12.9. The molecule has 0 spiro atoms. The van der Waals surface area contributed by atoms with Crippen LogP contribution in [0.25, 0.3) is 0 Å². The summed E-state index contributed by atoms with van der Waals surface area (Å²) in [5, 5.41) is 4.85.